The summed E-state index contributed by atoms with van der Waals surface area (Å²) in [6.45, 7) is 4.29. The molecule has 110 valence electrons. The summed E-state index contributed by atoms with van der Waals surface area (Å²) in [6, 6.07) is 0. The van der Waals surface area contributed by atoms with Gasteiger partial charge in [0.05, 0.1) is 0 Å². The van der Waals surface area contributed by atoms with Crippen molar-refractivity contribution in [1.82, 2.24) is 10.3 Å². The van der Waals surface area contributed by atoms with Crippen molar-refractivity contribution in [2.75, 3.05) is 18.4 Å². The number of amides is 1. The molecule has 4 nitrogen and oxygen atoms in total. The number of rotatable bonds is 4. The van der Waals surface area contributed by atoms with Crippen LogP contribution in [0.5, 0.6) is 0 Å². The van der Waals surface area contributed by atoms with Crippen molar-refractivity contribution < 1.29 is 4.79 Å². The molecule has 0 radical (unpaired) electrons. The third-order valence-corrected chi connectivity index (χ3v) is 6.03. The molecule has 0 aromatic carbocycles. The van der Waals surface area contributed by atoms with Crippen LogP contribution in [0, 0.1) is 5.41 Å². The van der Waals surface area contributed by atoms with Crippen LogP contribution < -0.4 is 10.6 Å². The van der Waals surface area contributed by atoms with Crippen molar-refractivity contribution >= 4 is 22.4 Å². The smallest absolute Gasteiger partial charge is 0.232 e. The lowest BCUT2D eigenvalue weighted by atomic mass is 9.66. The molecule has 1 aromatic rings. The third-order valence-electron chi connectivity index (χ3n) is 4.95. The van der Waals surface area contributed by atoms with Crippen LogP contribution in [0.3, 0.4) is 0 Å². The van der Waals surface area contributed by atoms with Gasteiger partial charge in [0.15, 0.2) is 5.13 Å². The van der Waals surface area contributed by atoms with E-state index in [9.17, 15) is 4.79 Å². The summed E-state index contributed by atoms with van der Waals surface area (Å²) in [5, 5.41) is 7.21. The number of carbonyl (C=O) groups is 1. The number of thiazole rings is 1. The van der Waals surface area contributed by atoms with E-state index in [1.165, 1.54) is 24.1 Å². The van der Waals surface area contributed by atoms with Gasteiger partial charge in [-0.25, -0.2) is 4.98 Å². The number of anilines is 1. The highest BCUT2D eigenvalue weighted by atomic mass is 32.1. The molecule has 2 heterocycles. The number of hydrogen-bond donors (Lipinski definition) is 2. The molecule has 1 saturated heterocycles. The minimum absolute atomic E-state index is 0.111. The van der Waals surface area contributed by atoms with Crippen LogP contribution in [-0.4, -0.2) is 24.0 Å². The molecule has 20 heavy (non-hydrogen) atoms. The third kappa shape index (κ3) is 2.61. The van der Waals surface area contributed by atoms with Gasteiger partial charge in [-0.1, -0.05) is 13.3 Å². The SMILES string of the molecule is CCC1(C(=O)Nc2ncc(C3CCNCC3)s2)CCC1. The number of aromatic nitrogens is 1. The fourth-order valence-electron chi connectivity index (χ4n) is 3.21. The van der Waals surface area contributed by atoms with Crippen molar-refractivity contribution in [3.63, 3.8) is 0 Å². The van der Waals surface area contributed by atoms with Crippen LogP contribution in [-0.2, 0) is 4.79 Å². The zero-order valence-electron chi connectivity index (χ0n) is 12.1. The van der Waals surface area contributed by atoms with E-state index in [2.05, 4.69) is 22.5 Å². The van der Waals surface area contributed by atoms with E-state index in [1.807, 2.05) is 6.20 Å². The van der Waals surface area contributed by atoms with Crippen LogP contribution in [0.4, 0.5) is 5.13 Å². The summed E-state index contributed by atoms with van der Waals surface area (Å²) in [7, 11) is 0. The first kappa shape index (κ1) is 14.0. The van der Waals surface area contributed by atoms with E-state index in [-0.39, 0.29) is 11.3 Å². The van der Waals surface area contributed by atoms with Crippen LogP contribution in [0.1, 0.15) is 56.2 Å². The maximum absolute atomic E-state index is 12.4. The Morgan fingerprint density at radius 3 is 2.85 bits per heavy atom. The second-order valence-corrected chi connectivity index (χ2v) is 7.10. The summed E-state index contributed by atoms with van der Waals surface area (Å²) < 4.78 is 0. The molecule has 3 rings (SSSR count). The maximum atomic E-state index is 12.4. The Morgan fingerprint density at radius 1 is 1.50 bits per heavy atom. The first-order chi connectivity index (χ1) is 9.73. The number of nitrogens with one attached hydrogen (secondary N) is 2. The molecule has 2 N–H and O–H groups in total. The largest absolute Gasteiger partial charge is 0.317 e. The number of piperidine rings is 1. The second kappa shape index (κ2) is 5.82. The van der Waals surface area contributed by atoms with E-state index in [4.69, 9.17) is 0 Å². The van der Waals surface area contributed by atoms with Crippen molar-refractivity contribution in [2.45, 2.75) is 51.4 Å². The first-order valence-electron chi connectivity index (χ1n) is 7.71. The van der Waals surface area contributed by atoms with Gasteiger partial charge in [0.2, 0.25) is 5.91 Å². The zero-order chi connectivity index (χ0) is 14.0. The Kier molecular flexibility index (Phi) is 4.08. The Balaban J connectivity index is 1.63. The summed E-state index contributed by atoms with van der Waals surface area (Å²) in [6.07, 6.45) is 8.48. The quantitative estimate of drug-likeness (QED) is 0.896. The molecule has 2 fully saturated rings. The minimum Gasteiger partial charge on any atom is -0.317 e. The van der Waals surface area contributed by atoms with Crippen LogP contribution in [0.2, 0.25) is 0 Å². The summed E-state index contributed by atoms with van der Waals surface area (Å²) in [5.41, 5.74) is -0.111. The molecule has 0 atom stereocenters. The lowest BCUT2D eigenvalue weighted by Crippen LogP contribution is -2.41. The summed E-state index contributed by atoms with van der Waals surface area (Å²) >= 11 is 1.66. The van der Waals surface area contributed by atoms with Gasteiger partial charge in [0, 0.05) is 16.5 Å². The molecule has 5 heteroatoms. The summed E-state index contributed by atoms with van der Waals surface area (Å²) in [5.74, 6) is 0.792. The van der Waals surface area contributed by atoms with E-state index in [0.717, 1.165) is 37.5 Å². The molecule has 1 amide bonds. The van der Waals surface area contributed by atoms with E-state index in [1.54, 1.807) is 11.3 Å². The molecule has 2 aliphatic rings. The average Bonchev–Trinajstić information content (AvgIpc) is 2.88. The first-order valence-corrected chi connectivity index (χ1v) is 8.53. The highest BCUT2D eigenvalue weighted by Crippen LogP contribution is 2.45. The molecule has 1 saturated carbocycles. The normalized spacial score (nSPS) is 22.2. The van der Waals surface area contributed by atoms with E-state index in [0.29, 0.717) is 5.92 Å². The number of carbonyl (C=O) groups excluding carboxylic acids is 1. The highest BCUT2D eigenvalue weighted by Gasteiger charge is 2.42. The predicted octanol–water partition coefficient (Wildman–Crippen LogP) is 3.13. The molecule has 0 bridgehead atoms. The number of nitrogens with zero attached hydrogens (tertiary/aromatic N) is 1. The average molecular weight is 293 g/mol. The number of hydrogen-bond acceptors (Lipinski definition) is 4. The Morgan fingerprint density at radius 2 is 2.25 bits per heavy atom. The van der Waals surface area contributed by atoms with E-state index < -0.39 is 0 Å². The van der Waals surface area contributed by atoms with Crippen LogP contribution >= 0.6 is 11.3 Å². The topological polar surface area (TPSA) is 54.0 Å². The van der Waals surface area contributed by atoms with Gasteiger partial charge in [-0.2, -0.15) is 0 Å². The summed E-state index contributed by atoms with van der Waals surface area (Å²) in [4.78, 5) is 18.1. The van der Waals surface area contributed by atoms with Gasteiger partial charge in [-0.05, 0) is 51.1 Å². The van der Waals surface area contributed by atoms with E-state index >= 15 is 0 Å². The molecular weight excluding hydrogens is 270 g/mol. The molecular formula is C15H23N3OS. The van der Waals surface area contributed by atoms with Crippen molar-refractivity contribution in [1.29, 1.82) is 0 Å². The predicted molar refractivity (Wildman–Crippen MR) is 82.2 cm³/mol. The molecule has 1 aliphatic heterocycles. The molecule has 1 aliphatic carbocycles. The van der Waals surface area contributed by atoms with Crippen LogP contribution in [0.25, 0.3) is 0 Å². The molecule has 0 spiro atoms. The fraction of sp³-hybridized carbons (Fsp3) is 0.733. The van der Waals surface area contributed by atoms with Gasteiger partial charge < -0.3 is 10.6 Å². The second-order valence-electron chi connectivity index (χ2n) is 6.03. The maximum Gasteiger partial charge on any atom is 0.232 e. The standard InChI is InChI=1S/C15H23N3OS/c1-2-15(6-3-7-15)13(19)18-14-17-10-12(20-14)11-4-8-16-9-5-11/h10-11,16H,2-9H2,1H3,(H,17,18,19). The van der Waals surface area contributed by atoms with Gasteiger partial charge in [-0.15, -0.1) is 11.3 Å². The van der Waals surface area contributed by atoms with Gasteiger partial charge >= 0.3 is 0 Å². The van der Waals surface area contributed by atoms with Crippen molar-refractivity contribution in [3.8, 4) is 0 Å². The monoisotopic (exact) mass is 293 g/mol. The minimum atomic E-state index is -0.111. The highest BCUT2D eigenvalue weighted by molar-refractivity contribution is 7.15. The Bertz CT molecular complexity index is 470. The Hall–Kier alpha value is -0.940. The van der Waals surface area contributed by atoms with Crippen molar-refractivity contribution in [2.24, 2.45) is 5.41 Å². The van der Waals surface area contributed by atoms with Gasteiger partial charge in [0.1, 0.15) is 0 Å². The zero-order valence-corrected chi connectivity index (χ0v) is 12.9. The van der Waals surface area contributed by atoms with Crippen LogP contribution in [0.15, 0.2) is 6.20 Å². The Labute approximate surface area is 124 Å². The van der Waals surface area contributed by atoms with Crippen molar-refractivity contribution in [3.05, 3.63) is 11.1 Å². The van der Waals surface area contributed by atoms with Gasteiger partial charge in [0.25, 0.3) is 0 Å². The van der Waals surface area contributed by atoms with Gasteiger partial charge in [-0.3, -0.25) is 4.79 Å². The lowest BCUT2D eigenvalue weighted by molar-refractivity contribution is -0.130. The molecule has 0 unspecified atom stereocenters. The fourth-order valence-corrected chi connectivity index (χ4v) is 4.19. The molecule has 1 aromatic heterocycles. The lowest BCUT2D eigenvalue weighted by Gasteiger charge is -2.39.